The Bertz CT molecular complexity index is 1100. The van der Waals surface area contributed by atoms with Crippen molar-refractivity contribution in [2.45, 2.75) is 38.0 Å². The van der Waals surface area contributed by atoms with Crippen LogP contribution in [0.25, 0.3) is 11.0 Å². The van der Waals surface area contributed by atoms with Gasteiger partial charge in [0, 0.05) is 6.42 Å². The Labute approximate surface area is 189 Å². The van der Waals surface area contributed by atoms with E-state index < -0.39 is 6.55 Å². The maximum absolute atomic E-state index is 13.6. The summed E-state index contributed by atoms with van der Waals surface area (Å²) in [5.41, 5.74) is 1.73. The average Bonchev–Trinajstić information content (AvgIpc) is 2.98. The second-order valence-electron chi connectivity index (χ2n) is 7.87. The third-order valence-electron chi connectivity index (χ3n) is 5.20. The molecule has 0 saturated heterocycles. The van der Waals surface area contributed by atoms with Gasteiger partial charge >= 0.3 is 6.55 Å². The Morgan fingerprint density at radius 1 is 1.16 bits per heavy atom. The van der Waals surface area contributed by atoms with Crippen LogP contribution in [-0.4, -0.2) is 34.4 Å². The van der Waals surface area contributed by atoms with Crippen molar-refractivity contribution >= 4 is 28.7 Å². The van der Waals surface area contributed by atoms with Gasteiger partial charge in [0.2, 0.25) is 5.91 Å². The fraction of sp³-hybridized carbons (Fsp3) is 0.391. The van der Waals surface area contributed by atoms with Crippen LogP contribution in [-0.2, 0) is 4.79 Å². The maximum atomic E-state index is 13.6. The number of para-hydroxylation sites is 2. The van der Waals surface area contributed by atoms with Crippen LogP contribution >= 0.6 is 11.8 Å². The topological polar surface area (TPSA) is 65.4 Å². The molecule has 1 aliphatic rings. The molecule has 0 spiro atoms. The molecule has 0 fully saturated rings. The van der Waals surface area contributed by atoms with Crippen LogP contribution in [0.4, 0.5) is 8.78 Å². The molecule has 6 nitrogen and oxygen atoms in total. The van der Waals surface area contributed by atoms with Gasteiger partial charge in [0.25, 0.3) is 0 Å². The Morgan fingerprint density at radius 3 is 2.66 bits per heavy atom. The minimum atomic E-state index is -2.74. The molecule has 1 atom stereocenters. The quantitative estimate of drug-likeness (QED) is 0.490. The van der Waals surface area contributed by atoms with Crippen LogP contribution in [0.5, 0.6) is 11.5 Å². The number of alkyl halides is 2. The number of benzene rings is 2. The standard InChI is InChI=1S/C23H25F2N3O3S/c1-14(2)21(15-8-9-18-19(12-15)31-11-5-10-30-18)27-20(29)13-32-23-26-16-6-3-4-7-17(16)28(23)22(24)25/h3-4,6-9,12,14,21-22H,5,10-11,13H2,1-2H3,(H,27,29). The lowest BCUT2D eigenvalue weighted by Crippen LogP contribution is -2.33. The first kappa shape index (κ1) is 22.4. The largest absolute Gasteiger partial charge is 0.490 e. The molecule has 3 aromatic rings. The van der Waals surface area contributed by atoms with Crippen molar-refractivity contribution < 1.29 is 23.0 Å². The number of thioether (sulfide) groups is 1. The molecule has 1 aliphatic heterocycles. The van der Waals surface area contributed by atoms with E-state index in [1.165, 1.54) is 0 Å². The number of aromatic nitrogens is 2. The van der Waals surface area contributed by atoms with Gasteiger partial charge in [0.15, 0.2) is 16.7 Å². The Balaban J connectivity index is 1.47. The number of ether oxygens (including phenoxy) is 2. The van der Waals surface area contributed by atoms with E-state index >= 15 is 0 Å². The molecule has 0 bridgehead atoms. The van der Waals surface area contributed by atoms with Crippen LogP contribution in [0.1, 0.15) is 38.4 Å². The molecule has 2 heterocycles. The van der Waals surface area contributed by atoms with E-state index in [9.17, 15) is 13.6 Å². The van der Waals surface area contributed by atoms with Gasteiger partial charge in [-0.2, -0.15) is 8.78 Å². The minimum Gasteiger partial charge on any atom is -0.490 e. The summed E-state index contributed by atoms with van der Waals surface area (Å²) < 4.78 is 39.5. The van der Waals surface area contributed by atoms with E-state index in [0.29, 0.717) is 35.7 Å². The molecule has 9 heteroatoms. The van der Waals surface area contributed by atoms with E-state index in [0.717, 1.165) is 28.3 Å². The molecule has 32 heavy (non-hydrogen) atoms. The SMILES string of the molecule is CC(C)C(NC(=O)CSc1nc2ccccc2n1C(F)F)c1ccc2c(c1)OCCCO2. The highest BCUT2D eigenvalue weighted by Gasteiger charge is 2.23. The molecular formula is C23H25F2N3O3S. The normalized spacial score (nSPS) is 14.6. The van der Waals surface area contributed by atoms with Gasteiger partial charge in [0.1, 0.15) is 0 Å². The van der Waals surface area contributed by atoms with Gasteiger partial charge < -0.3 is 14.8 Å². The Hall–Kier alpha value is -2.81. The molecule has 1 amide bonds. The number of nitrogens with zero attached hydrogens (tertiary/aromatic N) is 2. The molecule has 0 radical (unpaired) electrons. The van der Waals surface area contributed by atoms with E-state index in [1.807, 2.05) is 32.0 Å². The molecule has 1 unspecified atom stereocenters. The van der Waals surface area contributed by atoms with Gasteiger partial charge in [-0.25, -0.2) is 4.98 Å². The van der Waals surface area contributed by atoms with Crippen LogP contribution in [0, 0.1) is 5.92 Å². The minimum absolute atomic E-state index is 0.0240. The van der Waals surface area contributed by atoms with Crippen molar-refractivity contribution in [1.29, 1.82) is 0 Å². The highest BCUT2D eigenvalue weighted by Crippen LogP contribution is 2.34. The summed E-state index contributed by atoms with van der Waals surface area (Å²) >= 11 is 0.999. The van der Waals surface area contributed by atoms with Crippen molar-refractivity contribution in [1.82, 2.24) is 14.9 Å². The van der Waals surface area contributed by atoms with Crippen molar-refractivity contribution in [3.8, 4) is 11.5 Å². The number of amides is 1. The zero-order valence-electron chi connectivity index (χ0n) is 17.9. The van der Waals surface area contributed by atoms with Gasteiger partial charge in [-0.15, -0.1) is 0 Å². The fourth-order valence-electron chi connectivity index (χ4n) is 3.67. The van der Waals surface area contributed by atoms with Gasteiger partial charge in [-0.3, -0.25) is 9.36 Å². The van der Waals surface area contributed by atoms with E-state index in [2.05, 4.69) is 10.3 Å². The summed E-state index contributed by atoms with van der Waals surface area (Å²) in [5, 5.41) is 3.15. The molecule has 4 rings (SSSR count). The number of carbonyl (C=O) groups excluding carboxylic acids is 1. The molecular weight excluding hydrogens is 436 g/mol. The van der Waals surface area contributed by atoms with E-state index in [-0.39, 0.29) is 28.8 Å². The summed E-state index contributed by atoms with van der Waals surface area (Å²) in [6.45, 7) is 2.47. The number of imidazole rings is 1. The average molecular weight is 462 g/mol. The summed E-state index contributed by atoms with van der Waals surface area (Å²) in [6, 6.07) is 12.1. The maximum Gasteiger partial charge on any atom is 0.321 e. The molecule has 170 valence electrons. The van der Waals surface area contributed by atoms with Crippen LogP contribution in [0.2, 0.25) is 0 Å². The van der Waals surface area contributed by atoms with Crippen molar-refractivity contribution in [2.24, 2.45) is 5.92 Å². The first-order valence-corrected chi connectivity index (χ1v) is 11.5. The predicted octanol–water partition coefficient (Wildman–Crippen LogP) is 5.20. The Kier molecular flexibility index (Phi) is 6.83. The highest BCUT2D eigenvalue weighted by molar-refractivity contribution is 7.99. The number of nitrogens with one attached hydrogen (secondary N) is 1. The first-order chi connectivity index (χ1) is 15.4. The number of hydrogen-bond acceptors (Lipinski definition) is 5. The lowest BCUT2D eigenvalue weighted by Gasteiger charge is -2.24. The fourth-order valence-corrected chi connectivity index (χ4v) is 4.49. The second-order valence-corrected chi connectivity index (χ2v) is 8.81. The van der Waals surface area contributed by atoms with Crippen LogP contribution in [0.15, 0.2) is 47.6 Å². The summed E-state index contributed by atoms with van der Waals surface area (Å²) in [5.74, 6) is 1.19. The lowest BCUT2D eigenvalue weighted by molar-refractivity contribution is -0.119. The second kappa shape index (κ2) is 9.77. The monoisotopic (exact) mass is 461 g/mol. The molecule has 0 aliphatic carbocycles. The number of halogens is 2. The zero-order chi connectivity index (χ0) is 22.7. The van der Waals surface area contributed by atoms with Gasteiger partial charge in [0.05, 0.1) is 36.0 Å². The molecule has 1 N–H and O–H groups in total. The predicted molar refractivity (Wildman–Crippen MR) is 119 cm³/mol. The lowest BCUT2D eigenvalue weighted by atomic mass is 9.95. The first-order valence-electron chi connectivity index (χ1n) is 10.5. The van der Waals surface area contributed by atoms with Crippen LogP contribution < -0.4 is 14.8 Å². The van der Waals surface area contributed by atoms with Gasteiger partial charge in [-0.1, -0.05) is 43.8 Å². The number of carbonyl (C=O) groups is 1. The number of fused-ring (bicyclic) bond motifs is 2. The number of hydrogen-bond donors (Lipinski definition) is 1. The number of rotatable bonds is 7. The van der Waals surface area contributed by atoms with Gasteiger partial charge in [-0.05, 0) is 35.7 Å². The van der Waals surface area contributed by atoms with Crippen molar-refractivity contribution in [3.63, 3.8) is 0 Å². The highest BCUT2D eigenvalue weighted by atomic mass is 32.2. The van der Waals surface area contributed by atoms with Crippen molar-refractivity contribution in [2.75, 3.05) is 19.0 Å². The van der Waals surface area contributed by atoms with E-state index in [4.69, 9.17) is 9.47 Å². The zero-order valence-corrected chi connectivity index (χ0v) is 18.7. The Morgan fingerprint density at radius 2 is 1.91 bits per heavy atom. The third kappa shape index (κ3) is 4.82. The summed E-state index contributed by atoms with van der Waals surface area (Å²) in [7, 11) is 0. The summed E-state index contributed by atoms with van der Waals surface area (Å²) in [4.78, 5) is 17.0. The third-order valence-corrected chi connectivity index (χ3v) is 6.16. The molecule has 0 saturated carbocycles. The molecule has 2 aromatic carbocycles. The van der Waals surface area contributed by atoms with Crippen LogP contribution in [0.3, 0.4) is 0 Å². The van der Waals surface area contributed by atoms with Crippen molar-refractivity contribution in [3.05, 3.63) is 48.0 Å². The smallest absolute Gasteiger partial charge is 0.321 e. The molecule has 1 aromatic heterocycles. The summed E-state index contributed by atoms with van der Waals surface area (Å²) in [6.07, 6.45) is 0.814. The van der Waals surface area contributed by atoms with E-state index in [1.54, 1.807) is 24.3 Å².